The first-order valence-electron chi connectivity index (χ1n) is 2.73. The molecule has 12 heavy (non-hydrogen) atoms. The number of alkyl halides is 3. The largest absolute Gasteiger partial charge is 0.420 e. The third-order valence-corrected chi connectivity index (χ3v) is 1.33. The zero-order chi connectivity index (χ0) is 9.35. The molecule has 0 aliphatic carbocycles. The van der Waals surface area contributed by atoms with Crippen LogP contribution in [0.3, 0.4) is 0 Å². The molecule has 0 spiro atoms. The Morgan fingerprint density at radius 2 is 2.17 bits per heavy atom. The number of carbonyl (C=O) groups excluding carboxylic acids is 1. The Morgan fingerprint density at radius 3 is 2.50 bits per heavy atom. The van der Waals surface area contributed by atoms with Crippen LogP contribution in [0.4, 0.5) is 13.2 Å². The molecule has 66 valence electrons. The van der Waals surface area contributed by atoms with Gasteiger partial charge in [0.15, 0.2) is 0 Å². The maximum absolute atomic E-state index is 12.0. The number of H-pyrrole nitrogens is 1. The van der Waals surface area contributed by atoms with E-state index in [0.29, 0.717) is 6.20 Å². The predicted molar refractivity (Wildman–Crippen MR) is 33.8 cm³/mol. The lowest BCUT2D eigenvalue weighted by Gasteiger charge is -2.02. The van der Waals surface area contributed by atoms with E-state index in [1.54, 1.807) is 0 Å². The first kappa shape index (κ1) is 9.05. The van der Waals surface area contributed by atoms with E-state index in [0.717, 1.165) is 0 Å². The zero-order valence-corrected chi connectivity index (χ0v) is 6.20. The average molecular weight is 199 g/mol. The van der Waals surface area contributed by atoms with E-state index in [-0.39, 0.29) is 0 Å². The Hall–Kier alpha value is -1.04. The normalized spacial score (nSPS) is 11.7. The quantitative estimate of drug-likeness (QED) is 0.700. The molecule has 0 saturated heterocycles. The third kappa shape index (κ3) is 1.58. The highest BCUT2D eigenvalue weighted by Crippen LogP contribution is 2.31. The lowest BCUT2D eigenvalue weighted by atomic mass is 10.2. The van der Waals surface area contributed by atoms with Crippen LogP contribution in [0.5, 0.6) is 0 Å². The molecular formula is C5H2ClF3N2O. The van der Waals surface area contributed by atoms with E-state index in [1.807, 2.05) is 5.10 Å². The first-order valence-corrected chi connectivity index (χ1v) is 3.11. The molecule has 0 amide bonds. The van der Waals surface area contributed by atoms with Crippen LogP contribution >= 0.6 is 11.6 Å². The van der Waals surface area contributed by atoms with Crippen LogP contribution < -0.4 is 0 Å². The smallest absolute Gasteiger partial charge is 0.274 e. The molecule has 0 radical (unpaired) electrons. The summed E-state index contributed by atoms with van der Waals surface area (Å²) in [4.78, 5) is 10.4. The minimum absolute atomic E-state index is 0.510. The van der Waals surface area contributed by atoms with Gasteiger partial charge in [0.1, 0.15) is 11.3 Å². The van der Waals surface area contributed by atoms with E-state index in [9.17, 15) is 18.0 Å². The van der Waals surface area contributed by atoms with Gasteiger partial charge in [0, 0.05) is 0 Å². The van der Waals surface area contributed by atoms with Gasteiger partial charge in [-0.15, -0.1) is 0 Å². The molecule has 0 aliphatic heterocycles. The Kier molecular flexibility index (Phi) is 2.10. The van der Waals surface area contributed by atoms with Gasteiger partial charge >= 0.3 is 6.18 Å². The Labute approximate surface area is 69.5 Å². The van der Waals surface area contributed by atoms with Crippen molar-refractivity contribution in [1.29, 1.82) is 0 Å². The first-order chi connectivity index (χ1) is 5.43. The molecule has 1 rings (SSSR count). The molecule has 0 aromatic carbocycles. The summed E-state index contributed by atoms with van der Waals surface area (Å²) in [6, 6.07) is 0. The topological polar surface area (TPSA) is 45.8 Å². The molecule has 0 aliphatic rings. The number of aromatic nitrogens is 2. The van der Waals surface area contributed by atoms with Gasteiger partial charge in [-0.3, -0.25) is 9.89 Å². The number of halogens is 4. The van der Waals surface area contributed by atoms with Crippen molar-refractivity contribution in [2.24, 2.45) is 0 Å². The summed E-state index contributed by atoms with van der Waals surface area (Å²) in [7, 11) is 0. The Balaban J connectivity index is 3.17. The molecular weight excluding hydrogens is 197 g/mol. The van der Waals surface area contributed by atoms with Crippen molar-refractivity contribution in [3.63, 3.8) is 0 Å². The van der Waals surface area contributed by atoms with Gasteiger partial charge < -0.3 is 0 Å². The highest BCUT2D eigenvalue weighted by atomic mass is 35.5. The fourth-order valence-electron chi connectivity index (χ4n) is 0.651. The molecule has 1 N–H and O–H groups in total. The van der Waals surface area contributed by atoms with Crippen molar-refractivity contribution in [3.8, 4) is 0 Å². The van der Waals surface area contributed by atoms with Crippen LogP contribution in [0.1, 0.15) is 16.1 Å². The van der Waals surface area contributed by atoms with Gasteiger partial charge in [-0.1, -0.05) is 0 Å². The van der Waals surface area contributed by atoms with Gasteiger partial charge in [-0.2, -0.15) is 18.3 Å². The van der Waals surface area contributed by atoms with Gasteiger partial charge in [0.2, 0.25) is 0 Å². The van der Waals surface area contributed by atoms with Crippen molar-refractivity contribution >= 4 is 16.8 Å². The van der Waals surface area contributed by atoms with Gasteiger partial charge in [-0.25, -0.2) is 0 Å². The SMILES string of the molecule is O=C(Cl)c1[nH]ncc1C(F)(F)F. The van der Waals surface area contributed by atoms with Gasteiger partial charge in [0.05, 0.1) is 6.20 Å². The van der Waals surface area contributed by atoms with E-state index in [2.05, 4.69) is 5.10 Å². The second kappa shape index (κ2) is 2.78. The van der Waals surface area contributed by atoms with E-state index < -0.39 is 22.7 Å². The predicted octanol–water partition coefficient (Wildman–Crippen LogP) is 1.81. The monoisotopic (exact) mass is 198 g/mol. The minimum atomic E-state index is -4.60. The highest BCUT2D eigenvalue weighted by Gasteiger charge is 2.36. The van der Waals surface area contributed by atoms with Crippen molar-refractivity contribution in [3.05, 3.63) is 17.5 Å². The van der Waals surface area contributed by atoms with Crippen molar-refractivity contribution in [2.75, 3.05) is 0 Å². The van der Waals surface area contributed by atoms with E-state index in [1.165, 1.54) is 0 Å². The summed E-state index contributed by atoms with van der Waals surface area (Å²) < 4.78 is 35.9. The summed E-state index contributed by atoms with van der Waals surface area (Å²) in [5, 5.41) is 3.71. The number of rotatable bonds is 1. The van der Waals surface area contributed by atoms with Crippen LogP contribution in [0.25, 0.3) is 0 Å². The lowest BCUT2D eigenvalue weighted by molar-refractivity contribution is -0.137. The van der Waals surface area contributed by atoms with Crippen LogP contribution in [0, 0.1) is 0 Å². The van der Waals surface area contributed by atoms with Crippen LogP contribution in [-0.2, 0) is 6.18 Å². The van der Waals surface area contributed by atoms with E-state index in [4.69, 9.17) is 11.6 Å². The summed E-state index contributed by atoms with van der Waals surface area (Å²) in [6.45, 7) is 0. The fraction of sp³-hybridized carbons (Fsp3) is 0.200. The fourth-order valence-corrected chi connectivity index (χ4v) is 0.795. The summed E-state index contributed by atoms with van der Waals surface area (Å²) >= 11 is 4.85. The van der Waals surface area contributed by atoms with Crippen molar-refractivity contribution in [1.82, 2.24) is 10.2 Å². The van der Waals surface area contributed by atoms with Crippen molar-refractivity contribution in [2.45, 2.75) is 6.18 Å². The average Bonchev–Trinajstić information content (AvgIpc) is 2.30. The van der Waals surface area contributed by atoms with Crippen LogP contribution in [0.2, 0.25) is 0 Å². The number of hydrogen-bond donors (Lipinski definition) is 1. The molecule has 0 saturated carbocycles. The minimum Gasteiger partial charge on any atom is -0.274 e. The molecule has 1 heterocycles. The summed E-state index contributed by atoms with van der Waals surface area (Å²) in [5.74, 6) is 0. The van der Waals surface area contributed by atoms with Crippen molar-refractivity contribution < 1.29 is 18.0 Å². The standard InChI is InChI=1S/C5H2ClF3N2O/c6-4(12)3-2(1-10-11-3)5(7,8)9/h1H,(H,10,11). The van der Waals surface area contributed by atoms with Gasteiger partial charge in [-0.05, 0) is 11.6 Å². The summed E-state index contributed by atoms with van der Waals surface area (Å²) in [6.07, 6.45) is -4.09. The lowest BCUT2D eigenvalue weighted by Crippen LogP contribution is -2.08. The van der Waals surface area contributed by atoms with Crippen LogP contribution in [-0.4, -0.2) is 15.4 Å². The number of carbonyl (C=O) groups is 1. The maximum Gasteiger partial charge on any atom is 0.420 e. The molecule has 0 bridgehead atoms. The highest BCUT2D eigenvalue weighted by molar-refractivity contribution is 6.67. The second-order valence-corrected chi connectivity index (χ2v) is 2.27. The molecule has 0 unspecified atom stereocenters. The van der Waals surface area contributed by atoms with E-state index >= 15 is 0 Å². The second-order valence-electron chi connectivity index (χ2n) is 1.93. The van der Waals surface area contributed by atoms with Gasteiger partial charge in [0.25, 0.3) is 5.24 Å². The molecule has 0 atom stereocenters. The Bertz CT molecular complexity index is 306. The third-order valence-electron chi connectivity index (χ3n) is 1.14. The summed E-state index contributed by atoms with van der Waals surface area (Å²) in [5.41, 5.74) is -1.88. The molecule has 1 aromatic rings. The number of nitrogens with zero attached hydrogens (tertiary/aromatic N) is 1. The molecule has 3 nitrogen and oxygen atoms in total. The number of hydrogen-bond acceptors (Lipinski definition) is 2. The molecule has 7 heteroatoms. The van der Waals surface area contributed by atoms with Crippen LogP contribution in [0.15, 0.2) is 6.20 Å². The number of aromatic amines is 1. The Morgan fingerprint density at radius 1 is 1.58 bits per heavy atom. The molecule has 1 aromatic heterocycles. The zero-order valence-electron chi connectivity index (χ0n) is 5.44. The maximum atomic E-state index is 12.0. The molecule has 0 fully saturated rings. The number of nitrogens with one attached hydrogen (secondary N) is 1.